The summed E-state index contributed by atoms with van der Waals surface area (Å²) in [5, 5.41) is 0. The maximum Gasteiger partial charge on any atom is 0.261 e. The molecule has 0 radical (unpaired) electrons. The molecule has 0 atom stereocenters. The van der Waals surface area contributed by atoms with Crippen molar-refractivity contribution in [3.05, 3.63) is 53.6 Å². The summed E-state index contributed by atoms with van der Waals surface area (Å²) in [4.78, 5) is 0.216. The van der Waals surface area contributed by atoms with E-state index >= 15 is 0 Å². The number of anilines is 1. The zero-order valence-electron chi connectivity index (χ0n) is 12.4. The Balaban J connectivity index is 2.30. The number of hydrogen-bond acceptors (Lipinski definition) is 3. The smallest absolute Gasteiger partial charge is 0.261 e. The van der Waals surface area contributed by atoms with E-state index in [0.717, 1.165) is 11.1 Å². The van der Waals surface area contributed by atoms with Gasteiger partial charge in [0.25, 0.3) is 10.0 Å². The first-order valence-corrected chi connectivity index (χ1v) is 8.24. The lowest BCUT2D eigenvalue weighted by molar-refractivity contribution is 0.340. The predicted octanol–water partition coefficient (Wildman–Crippen LogP) is 3.50. The molecule has 4 nitrogen and oxygen atoms in total. The summed E-state index contributed by atoms with van der Waals surface area (Å²) in [6, 6.07) is 12.1. The molecule has 0 unspecified atom stereocenters. The van der Waals surface area contributed by atoms with Crippen molar-refractivity contribution in [1.29, 1.82) is 0 Å². The van der Waals surface area contributed by atoms with Crippen LogP contribution >= 0.6 is 0 Å². The minimum atomic E-state index is -3.60. The standard InChI is InChI=1S/C16H19NO3S/c1-4-20-14-8-10-15(11-9-14)21(18,19)17-16-12(2)6-5-7-13(16)3/h5-11,17H,4H2,1-3H3. The molecule has 0 aromatic heterocycles. The lowest BCUT2D eigenvalue weighted by Gasteiger charge is -2.13. The predicted molar refractivity (Wildman–Crippen MR) is 84.3 cm³/mol. The number of nitrogens with one attached hydrogen (secondary N) is 1. The van der Waals surface area contributed by atoms with Crippen molar-refractivity contribution in [1.82, 2.24) is 0 Å². The number of sulfonamides is 1. The third-order valence-corrected chi connectivity index (χ3v) is 4.53. The van der Waals surface area contributed by atoms with Crippen molar-refractivity contribution >= 4 is 15.7 Å². The Labute approximate surface area is 125 Å². The van der Waals surface area contributed by atoms with Gasteiger partial charge < -0.3 is 4.74 Å². The van der Waals surface area contributed by atoms with E-state index in [-0.39, 0.29) is 4.90 Å². The fourth-order valence-electron chi connectivity index (χ4n) is 2.05. The Morgan fingerprint density at radius 2 is 1.57 bits per heavy atom. The van der Waals surface area contributed by atoms with Crippen LogP contribution in [0.3, 0.4) is 0 Å². The van der Waals surface area contributed by atoms with E-state index in [9.17, 15) is 8.42 Å². The van der Waals surface area contributed by atoms with Crippen LogP contribution in [0.15, 0.2) is 47.4 Å². The monoisotopic (exact) mass is 305 g/mol. The minimum Gasteiger partial charge on any atom is -0.494 e. The molecule has 0 bridgehead atoms. The van der Waals surface area contributed by atoms with Gasteiger partial charge in [-0.25, -0.2) is 8.42 Å². The van der Waals surface area contributed by atoms with Crippen LogP contribution in [0.4, 0.5) is 5.69 Å². The molecule has 2 aromatic carbocycles. The third kappa shape index (κ3) is 3.55. The first-order valence-electron chi connectivity index (χ1n) is 6.76. The Kier molecular flexibility index (Phi) is 4.53. The molecule has 0 aliphatic heterocycles. The molecule has 0 heterocycles. The summed E-state index contributed by atoms with van der Waals surface area (Å²) in [6.45, 7) is 6.19. The van der Waals surface area contributed by atoms with Crippen molar-refractivity contribution in [2.24, 2.45) is 0 Å². The molecule has 1 N–H and O–H groups in total. The van der Waals surface area contributed by atoms with Crippen molar-refractivity contribution in [3.8, 4) is 5.75 Å². The van der Waals surface area contributed by atoms with Crippen LogP contribution < -0.4 is 9.46 Å². The number of hydrogen-bond donors (Lipinski definition) is 1. The second-order valence-electron chi connectivity index (χ2n) is 4.78. The SMILES string of the molecule is CCOc1ccc(S(=O)(=O)Nc2c(C)cccc2C)cc1. The van der Waals surface area contributed by atoms with Gasteiger partial charge in [-0.1, -0.05) is 18.2 Å². The molecule has 0 amide bonds. The van der Waals surface area contributed by atoms with Crippen molar-refractivity contribution < 1.29 is 13.2 Å². The summed E-state index contributed by atoms with van der Waals surface area (Å²) in [5.41, 5.74) is 2.42. The lowest BCUT2D eigenvalue weighted by Crippen LogP contribution is -2.14. The summed E-state index contributed by atoms with van der Waals surface area (Å²) < 4.78 is 32.8. The number of rotatable bonds is 5. The molecular weight excluding hydrogens is 286 g/mol. The molecule has 0 aliphatic rings. The van der Waals surface area contributed by atoms with Gasteiger partial charge in [-0.2, -0.15) is 0 Å². The molecule has 0 aliphatic carbocycles. The molecular formula is C16H19NO3S. The Morgan fingerprint density at radius 3 is 2.10 bits per heavy atom. The van der Waals surface area contributed by atoms with Crippen LogP contribution in [0.2, 0.25) is 0 Å². The largest absolute Gasteiger partial charge is 0.494 e. The van der Waals surface area contributed by atoms with Gasteiger partial charge in [-0.3, -0.25) is 4.72 Å². The van der Waals surface area contributed by atoms with Crippen molar-refractivity contribution in [2.75, 3.05) is 11.3 Å². The fraction of sp³-hybridized carbons (Fsp3) is 0.250. The van der Waals surface area contributed by atoms with Crippen LogP contribution in [-0.4, -0.2) is 15.0 Å². The first kappa shape index (κ1) is 15.4. The summed E-state index contributed by atoms with van der Waals surface area (Å²) in [7, 11) is -3.60. The average molecular weight is 305 g/mol. The van der Waals surface area contributed by atoms with Crippen LogP contribution in [-0.2, 0) is 10.0 Å². The highest BCUT2D eigenvalue weighted by Gasteiger charge is 2.16. The van der Waals surface area contributed by atoms with E-state index in [0.29, 0.717) is 18.0 Å². The number of benzene rings is 2. The van der Waals surface area contributed by atoms with Crippen LogP contribution in [0.5, 0.6) is 5.75 Å². The van der Waals surface area contributed by atoms with E-state index in [4.69, 9.17) is 4.74 Å². The molecule has 0 spiro atoms. The Bertz CT molecular complexity index is 701. The summed E-state index contributed by atoms with van der Waals surface area (Å²) >= 11 is 0. The quantitative estimate of drug-likeness (QED) is 0.919. The average Bonchev–Trinajstić information content (AvgIpc) is 2.44. The molecule has 0 saturated carbocycles. The van der Waals surface area contributed by atoms with Gasteiger partial charge >= 0.3 is 0 Å². The first-order chi connectivity index (χ1) is 9.94. The van der Waals surface area contributed by atoms with Gasteiger partial charge in [-0.05, 0) is 56.2 Å². The highest BCUT2D eigenvalue weighted by Crippen LogP contribution is 2.24. The highest BCUT2D eigenvalue weighted by atomic mass is 32.2. The molecule has 0 saturated heterocycles. The van der Waals surface area contributed by atoms with E-state index in [1.165, 1.54) is 0 Å². The summed E-state index contributed by atoms with van der Waals surface area (Å²) in [6.07, 6.45) is 0. The van der Waals surface area contributed by atoms with E-state index in [2.05, 4.69) is 4.72 Å². The maximum atomic E-state index is 12.4. The van der Waals surface area contributed by atoms with Gasteiger partial charge in [0, 0.05) is 0 Å². The molecule has 112 valence electrons. The van der Waals surface area contributed by atoms with E-state index < -0.39 is 10.0 Å². The lowest BCUT2D eigenvalue weighted by atomic mass is 10.1. The molecule has 2 rings (SSSR count). The van der Waals surface area contributed by atoms with Crippen molar-refractivity contribution in [3.63, 3.8) is 0 Å². The maximum absolute atomic E-state index is 12.4. The molecule has 5 heteroatoms. The van der Waals surface area contributed by atoms with Crippen LogP contribution in [0, 0.1) is 13.8 Å². The molecule has 21 heavy (non-hydrogen) atoms. The van der Waals surface area contributed by atoms with E-state index in [1.54, 1.807) is 24.3 Å². The zero-order valence-corrected chi connectivity index (χ0v) is 13.2. The second-order valence-corrected chi connectivity index (χ2v) is 6.46. The fourth-order valence-corrected chi connectivity index (χ4v) is 3.25. The Hall–Kier alpha value is -2.01. The molecule has 2 aromatic rings. The number of ether oxygens (including phenoxy) is 1. The normalized spacial score (nSPS) is 11.2. The minimum absolute atomic E-state index is 0.216. The second kappa shape index (κ2) is 6.18. The topological polar surface area (TPSA) is 55.4 Å². The van der Waals surface area contributed by atoms with Crippen molar-refractivity contribution in [2.45, 2.75) is 25.7 Å². The number of para-hydroxylation sites is 1. The Morgan fingerprint density at radius 1 is 1.00 bits per heavy atom. The zero-order chi connectivity index (χ0) is 15.5. The number of aryl methyl sites for hydroxylation is 2. The molecule has 0 fully saturated rings. The highest BCUT2D eigenvalue weighted by molar-refractivity contribution is 7.92. The van der Waals surface area contributed by atoms with Crippen LogP contribution in [0.1, 0.15) is 18.1 Å². The van der Waals surface area contributed by atoms with Gasteiger partial charge in [-0.15, -0.1) is 0 Å². The van der Waals surface area contributed by atoms with Gasteiger partial charge in [0.1, 0.15) is 5.75 Å². The van der Waals surface area contributed by atoms with E-state index in [1.807, 2.05) is 39.0 Å². The third-order valence-electron chi connectivity index (χ3n) is 3.16. The summed E-state index contributed by atoms with van der Waals surface area (Å²) in [5.74, 6) is 0.656. The van der Waals surface area contributed by atoms with Crippen LogP contribution in [0.25, 0.3) is 0 Å². The van der Waals surface area contributed by atoms with Gasteiger partial charge in [0.15, 0.2) is 0 Å². The van der Waals surface area contributed by atoms with Gasteiger partial charge in [0.05, 0.1) is 17.2 Å². The van der Waals surface area contributed by atoms with Gasteiger partial charge in [0.2, 0.25) is 0 Å².